The maximum atomic E-state index is 12.3. The first-order valence-electron chi connectivity index (χ1n) is 15.7. The number of hydrogen-bond donors (Lipinski definition) is 2. The topological polar surface area (TPSA) is 101 Å². The summed E-state index contributed by atoms with van der Waals surface area (Å²) in [5.74, 6) is 0.0949. The minimum absolute atomic E-state index is 0.0185. The SMILES string of the molecule is CCCCCCCCCCCCCCOC(=O)CCC(=O)Nc1ccc(-c2nc3c(C)c(C(C)(C)C)[nH]n3n2)cc1. The Morgan fingerprint density at radius 1 is 0.878 bits per heavy atom. The van der Waals surface area contributed by atoms with Crippen molar-refractivity contribution in [3.05, 3.63) is 35.5 Å². The molecule has 1 amide bonds. The molecular formula is C33H51N5O3. The maximum absolute atomic E-state index is 12.3. The molecule has 8 nitrogen and oxygen atoms in total. The molecule has 8 heteroatoms. The maximum Gasteiger partial charge on any atom is 0.306 e. The molecule has 0 bridgehead atoms. The number of carbonyl (C=O) groups is 2. The van der Waals surface area contributed by atoms with Crippen molar-refractivity contribution < 1.29 is 14.3 Å². The van der Waals surface area contributed by atoms with Crippen LogP contribution >= 0.6 is 0 Å². The van der Waals surface area contributed by atoms with Gasteiger partial charge in [-0.3, -0.25) is 14.7 Å². The number of fused-ring (bicyclic) bond motifs is 1. The Kier molecular flexibility index (Phi) is 12.9. The summed E-state index contributed by atoms with van der Waals surface area (Å²) in [7, 11) is 0. The summed E-state index contributed by atoms with van der Waals surface area (Å²) >= 11 is 0. The zero-order chi connectivity index (χ0) is 29.7. The lowest BCUT2D eigenvalue weighted by Crippen LogP contribution is -2.15. The molecule has 0 radical (unpaired) electrons. The van der Waals surface area contributed by atoms with E-state index in [1.807, 2.05) is 24.3 Å². The molecule has 2 N–H and O–H groups in total. The molecule has 0 spiro atoms. The molecule has 2 heterocycles. The summed E-state index contributed by atoms with van der Waals surface area (Å²) in [6.45, 7) is 11.2. The Labute approximate surface area is 246 Å². The van der Waals surface area contributed by atoms with Crippen LogP contribution in [-0.4, -0.2) is 38.3 Å². The summed E-state index contributed by atoms with van der Waals surface area (Å²) in [6, 6.07) is 7.41. The first-order valence-corrected chi connectivity index (χ1v) is 15.7. The van der Waals surface area contributed by atoms with Gasteiger partial charge in [-0.05, 0) is 37.6 Å². The number of benzene rings is 1. The molecule has 0 saturated heterocycles. The van der Waals surface area contributed by atoms with Crippen LogP contribution in [0.3, 0.4) is 0 Å². The lowest BCUT2D eigenvalue weighted by Gasteiger charge is -2.16. The molecule has 3 aromatic rings. The molecule has 41 heavy (non-hydrogen) atoms. The molecule has 0 saturated carbocycles. The first-order chi connectivity index (χ1) is 19.7. The van der Waals surface area contributed by atoms with Crippen LogP contribution in [0.4, 0.5) is 5.69 Å². The Hall–Kier alpha value is -3.16. The van der Waals surface area contributed by atoms with E-state index in [-0.39, 0.29) is 30.1 Å². The number of rotatable bonds is 18. The average Bonchev–Trinajstić information content (AvgIpc) is 3.50. The summed E-state index contributed by atoms with van der Waals surface area (Å²) in [5, 5.41) is 10.8. The number of unbranched alkanes of at least 4 members (excludes halogenated alkanes) is 11. The van der Waals surface area contributed by atoms with Crippen LogP contribution in [0.15, 0.2) is 24.3 Å². The number of esters is 1. The number of H-pyrrole nitrogens is 1. The van der Waals surface area contributed by atoms with Gasteiger partial charge in [0.1, 0.15) is 0 Å². The van der Waals surface area contributed by atoms with Gasteiger partial charge in [-0.25, -0.2) is 4.98 Å². The van der Waals surface area contributed by atoms with Crippen LogP contribution in [0.25, 0.3) is 17.0 Å². The Balaban J connectivity index is 1.27. The van der Waals surface area contributed by atoms with Gasteiger partial charge >= 0.3 is 5.97 Å². The van der Waals surface area contributed by atoms with Crippen LogP contribution in [0.5, 0.6) is 0 Å². The van der Waals surface area contributed by atoms with Crippen molar-refractivity contribution in [2.75, 3.05) is 11.9 Å². The minimum atomic E-state index is -0.315. The predicted molar refractivity (Wildman–Crippen MR) is 166 cm³/mol. The largest absolute Gasteiger partial charge is 0.466 e. The van der Waals surface area contributed by atoms with Crippen LogP contribution in [0.1, 0.15) is 129 Å². The minimum Gasteiger partial charge on any atom is -0.466 e. The predicted octanol–water partition coefficient (Wildman–Crippen LogP) is 8.29. The molecule has 0 unspecified atom stereocenters. The fraction of sp³-hybridized carbons (Fsp3) is 0.636. The van der Waals surface area contributed by atoms with E-state index in [1.54, 1.807) is 4.63 Å². The normalized spacial score (nSPS) is 11.7. The van der Waals surface area contributed by atoms with Crippen molar-refractivity contribution in [1.82, 2.24) is 19.8 Å². The highest BCUT2D eigenvalue weighted by molar-refractivity contribution is 5.92. The Morgan fingerprint density at radius 3 is 2.02 bits per heavy atom. The van der Waals surface area contributed by atoms with Gasteiger partial charge < -0.3 is 10.1 Å². The standard InChI is InChI=1S/C33H51N5O3/c1-6-7-8-9-10-11-12-13-14-15-16-17-24-41-29(40)23-22-28(39)34-27-20-18-26(19-21-27)31-35-32-25(2)30(33(3,4)5)36-38(32)37-31/h18-21,36H,6-17,22-24H2,1-5H3,(H,34,39). The van der Waals surface area contributed by atoms with E-state index >= 15 is 0 Å². The molecule has 3 rings (SSSR count). The average molecular weight is 566 g/mol. The van der Waals surface area contributed by atoms with E-state index in [2.05, 4.69) is 50.1 Å². The number of aryl methyl sites for hydroxylation is 1. The summed E-state index contributed by atoms with van der Waals surface area (Å²) < 4.78 is 7.03. The molecule has 226 valence electrons. The smallest absolute Gasteiger partial charge is 0.306 e. The number of aromatic amines is 1. The molecule has 0 aliphatic carbocycles. The zero-order valence-electron chi connectivity index (χ0n) is 26.0. The number of nitrogens with one attached hydrogen (secondary N) is 2. The first kappa shape index (κ1) is 32.4. The molecule has 0 fully saturated rings. The Morgan fingerprint density at radius 2 is 1.46 bits per heavy atom. The van der Waals surface area contributed by atoms with Gasteiger partial charge in [0.25, 0.3) is 0 Å². The number of anilines is 1. The lowest BCUT2D eigenvalue weighted by atomic mass is 9.90. The van der Waals surface area contributed by atoms with Crippen LogP contribution in [-0.2, 0) is 19.7 Å². The Bertz CT molecular complexity index is 1220. The monoisotopic (exact) mass is 565 g/mol. The number of hydrogen-bond acceptors (Lipinski definition) is 5. The number of carbonyl (C=O) groups excluding carboxylic acids is 2. The molecular weight excluding hydrogens is 514 g/mol. The van der Waals surface area contributed by atoms with E-state index in [0.29, 0.717) is 18.1 Å². The van der Waals surface area contributed by atoms with Gasteiger partial charge in [0.05, 0.1) is 13.0 Å². The van der Waals surface area contributed by atoms with E-state index in [9.17, 15) is 9.59 Å². The van der Waals surface area contributed by atoms with Crippen LogP contribution in [0.2, 0.25) is 0 Å². The number of ether oxygens (including phenoxy) is 1. The highest BCUT2D eigenvalue weighted by Gasteiger charge is 2.23. The quantitative estimate of drug-likeness (QED) is 0.119. The second kappa shape index (κ2) is 16.3. The van der Waals surface area contributed by atoms with Crippen molar-refractivity contribution in [1.29, 1.82) is 0 Å². The van der Waals surface area contributed by atoms with E-state index in [1.165, 1.54) is 64.2 Å². The zero-order valence-corrected chi connectivity index (χ0v) is 26.0. The van der Waals surface area contributed by atoms with Gasteiger partial charge in [0.2, 0.25) is 5.91 Å². The van der Waals surface area contributed by atoms with Crippen molar-refractivity contribution >= 4 is 23.2 Å². The highest BCUT2D eigenvalue weighted by atomic mass is 16.5. The number of nitrogens with zero attached hydrogens (tertiary/aromatic N) is 3. The molecule has 1 aromatic carbocycles. The third kappa shape index (κ3) is 10.6. The van der Waals surface area contributed by atoms with Crippen molar-refractivity contribution in [3.63, 3.8) is 0 Å². The van der Waals surface area contributed by atoms with E-state index in [4.69, 9.17) is 9.72 Å². The third-order valence-corrected chi connectivity index (χ3v) is 7.53. The fourth-order valence-corrected chi connectivity index (χ4v) is 5.13. The van der Waals surface area contributed by atoms with Gasteiger partial charge in [-0.15, -0.1) is 5.10 Å². The van der Waals surface area contributed by atoms with Crippen molar-refractivity contribution in [2.45, 2.75) is 130 Å². The van der Waals surface area contributed by atoms with E-state index < -0.39 is 0 Å². The van der Waals surface area contributed by atoms with Crippen molar-refractivity contribution in [3.8, 4) is 11.4 Å². The van der Waals surface area contributed by atoms with Gasteiger partial charge in [0.15, 0.2) is 11.5 Å². The summed E-state index contributed by atoms with van der Waals surface area (Å²) in [6.07, 6.45) is 15.4. The molecule has 0 aliphatic rings. The lowest BCUT2D eigenvalue weighted by molar-refractivity contribution is -0.144. The number of aromatic nitrogens is 4. The van der Waals surface area contributed by atoms with Gasteiger partial charge in [-0.2, -0.15) is 4.63 Å². The fourth-order valence-electron chi connectivity index (χ4n) is 5.13. The van der Waals surface area contributed by atoms with E-state index in [0.717, 1.165) is 35.3 Å². The van der Waals surface area contributed by atoms with Crippen molar-refractivity contribution in [2.24, 2.45) is 0 Å². The third-order valence-electron chi connectivity index (χ3n) is 7.53. The second-order valence-electron chi connectivity index (χ2n) is 12.3. The van der Waals surface area contributed by atoms with Crippen LogP contribution in [0, 0.1) is 6.92 Å². The molecule has 0 aliphatic heterocycles. The highest BCUT2D eigenvalue weighted by Crippen LogP contribution is 2.28. The van der Waals surface area contributed by atoms with Gasteiger partial charge in [-0.1, -0.05) is 98.3 Å². The van der Waals surface area contributed by atoms with Crippen LogP contribution < -0.4 is 5.32 Å². The van der Waals surface area contributed by atoms with Gasteiger partial charge in [0, 0.05) is 34.3 Å². The summed E-state index contributed by atoms with van der Waals surface area (Å²) in [4.78, 5) is 29.1. The molecule has 2 aromatic heterocycles. The summed E-state index contributed by atoms with van der Waals surface area (Å²) in [5.41, 5.74) is 4.53. The molecule has 0 atom stereocenters. The number of amides is 1. The second-order valence-corrected chi connectivity index (χ2v) is 12.3.